The molecule has 0 aliphatic heterocycles. The van der Waals surface area contributed by atoms with Gasteiger partial charge in [-0.1, -0.05) is 48.3 Å². The van der Waals surface area contributed by atoms with Gasteiger partial charge >= 0.3 is 0 Å². The normalized spacial score (nSPS) is 10.9. The van der Waals surface area contributed by atoms with E-state index in [0.717, 1.165) is 22.9 Å². The van der Waals surface area contributed by atoms with E-state index in [2.05, 4.69) is 10.3 Å². The van der Waals surface area contributed by atoms with Crippen LogP contribution < -0.4 is 5.32 Å². The fourth-order valence-corrected chi connectivity index (χ4v) is 3.59. The minimum absolute atomic E-state index is 0.0244. The molecular weight excluding hydrogens is 409 g/mol. The molecule has 0 aliphatic rings. The third-order valence-corrected chi connectivity index (χ3v) is 5.23. The van der Waals surface area contributed by atoms with Crippen LogP contribution in [0.2, 0.25) is 10.0 Å². The van der Waals surface area contributed by atoms with Gasteiger partial charge < -0.3 is 15.2 Å². The molecule has 2 aromatic carbocycles. The Morgan fingerprint density at radius 1 is 1.14 bits per heavy atom. The second-order valence-corrected chi connectivity index (χ2v) is 7.69. The van der Waals surface area contributed by atoms with E-state index in [1.54, 1.807) is 23.1 Å². The first-order chi connectivity index (χ1) is 14.0. The van der Waals surface area contributed by atoms with Crippen LogP contribution in [0.3, 0.4) is 0 Å². The molecule has 0 bridgehead atoms. The molecule has 152 valence electrons. The van der Waals surface area contributed by atoms with Gasteiger partial charge in [0, 0.05) is 35.1 Å². The number of carbonyl (C=O) groups excluding carboxylic acids is 2. The average Bonchev–Trinajstić information content (AvgIpc) is 3.12. The number of anilines is 1. The van der Waals surface area contributed by atoms with Gasteiger partial charge in [-0.15, -0.1) is 0 Å². The van der Waals surface area contributed by atoms with Gasteiger partial charge in [0.15, 0.2) is 0 Å². The second kappa shape index (κ2) is 9.81. The Morgan fingerprint density at radius 2 is 1.93 bits per heavy atom. The molecule has 0 spiro atoms. The van der Waals surface area contributed by atoms with Gasteiger partial charge in [-0.3, -0.25) is 9.59 Å². The van der Waals surface area contributed by atoms with Gasteiger partial charge in [0.1, 0.15) is 0 Å². The van der Waals surface area contributed by atoms with Crippen LogP contribution in [0, 0.1) is 0 Å². The highest BCUT2D eigenvalue weighted by atomic mass is 35.5. The predicted octanol–water partition coefficient (Wildman–Crippen LogP) is 5.28. The van der Waals surface area contributed by atoms with Crippen LogP contribution in [0.25, 0.3) is 10.9 Å². The zero-order chi connectivity index (χ0) is 20.8. The highest BCUT2D eigenvalue weighted by Crippen LogP contribution is 2.25. The summed E-state index contributed by atoms with van der Waals surface area (Å²) in [6.07, 6.45) is 3.66. The summed E-state index contributed by atoms with van der Waals surface area (Å²) in [7, 11) is 0. The largest absolute Gasteiger partial charge is 0.361 e. The lowest BCUT2D eigenvalue weighted by atomic mass is 10.1. The van der Waals surface area contributed by atoms with E-state index < -0.39 is 0 Å². The number of nitrogens with one attached hydrogen (secondary N) is 2. The van der Waals surface area contributed by atoms with Gasteiger partial charge in [-0.05, 0) is 42.7 Å². The molecule has 0 unspecified atom stereocenters. The number of para-hydroxylation sites is 1. The minimum atomic E-state index is -0.303. The number of nitrogens with zero attached hydrogens (tertiary/aromatic N) is 1. The first kappa shape index (κ1) is 21.2. The van der Waals surface area contributed by atoms with E-state index in [4.69, 9.17) is 23.2 Å². The number of hydrogen-bond acceptors (Lipinski definition) is 2. The van der Waals surface area contributed by atoms with Crippen molar-refractivity contribution >= 4 is 51.6 Å². The van der Waals surface area contributed by atoms with Gasteiger partial charge in [0.05, 0.1) is 17.3 Å². The molecule has 0 fully saturated rings. The zero-order valence-electron chi connectivity index (χ0n) is 16.2. The second-order valence-electron chi connectivity index (χ2n) is 6.85. The third kappa shape index (κ3) is 5.52. The number of benzene rings is 2. The van der Waals surface area contributed by atoms with E-state index in [1.165, 1.54) is 0 Å². The van der Waals surface area contributed by atoms with Gasteiger partial charge in [-0.25, -0.2) is 0 Å². The van der Waals surface area contributed by atoms with Crippen molar-refractivity contribution < 1.29 is 9.59 Å². The number of hydrogen-bond donors (Lipinski definition) is 2. The molecule has 0 aliphatic carbocycles. The maximum Gasteiger partial charge on any atom is 0.244 e. The first-order valence-electron chi connectivity index (χ1n) is 9.55. The molecule has 3 aromatic rings. The van der Waals surface area contributed by atoms with E-state index in [0.29, 0.717) is 35.1 Å². The summed E-state index contributed by atoms with van der Waals surface area (Å²) in [6, 6.07) is 12.9. The molecule has 5 nitrogen and oxygen atoms in total. The lowest BCUT2D eigenvalue weighted by Gasteiger charge is -2.22. The van der Waals surface area contributed by atoms with E-state index >= 15 is 0 Å². The molecule has 0 saturated heterocycles. The van der Waals surface area contributed by atoms with Crippen molar-refractivity contribution in [2.45, 2.75) is 26.2 Å². The number of rotatable bonds is 8. The van der Waals surface area contributed by atoms with Crippen molar-refractivity contribution in [1.29, 1.82) is 0 Å². The smallest absolute Gasteiger partial charge is 0.244 e. The number of H-pyrrole nitrogens is 1. The number of carbonyl (C=O) groups is 2. The minimum Gasteiger partial charge on any atom is -0.361 e. The molecule has 0 atom stereocenters. The van der Waals surface area contributed by atoms with Crippen molar-refractivity contribution in [3.8, 4) is 0 Å². The Balaban J connectivity index is 1.61. The molecule has 0 radical (unpaired) electrons. The topological polar surface area (TPSA) is 65.2 Å². The Hall–Kier alpha value is -2.50. The third-order valence-electron chi connectivity index (χ3n) is 4.67. The van der Waals surface area contributed by atoms with E-state index in [1.807, 2.05) is 37.4 Å². The van der Waals surface area contributed by atoms with Crippen molar-refractivity contribution in [3.63, 3.8) is 0 Å². The average molecular weight is 432 g/mol. The number of amides is 2. The summed E-state index contributed by atoms with van der Waals surface area (Å²) < 4.78 is 0. The molecule has 3 rings (SSSR count). The maximum absolute atomic E-state index is 12.8. The summed E-state index contributed by atoms with van der Waals surface area (Å²) >= 11 is 12.1. The van der Waals surface area contributed by atoms with Crippen LogP contribution >= 0.6 is 23.2 Å². The van der Waals surface area contributed by atoms with Gasteiger partial charge in [-0.2, -0.15) is 0 Å². The highest BCUT2D eigenvalue weighted by molar-refractivity contribution is 6.35. The monoisotopic (exact) mass is 431 g/mol. The van der Waals surface area contributed by atoms with E-state index in [-0.39, 0.29) is 18.4 Å². The van der Waals surface area contributed by atoms with Crippen LogP contribution in [0.15, 0.2) is 48.7 Å². The summed E-state index contributed by atoms with van der Waals surface area (Å²) in [5.41, 5.74) is 2.59. The van der Waals surface area contributed by atoms with E-state index in [9.17, 15) is 9.59 Å². The lowest BCUT2D eigenvalue weighted by molar-refractivity contribution is -0.134. The van der Waals surface area contributed by atoms with Gasteiger partial charge in [0.25, 0.3) is 0 Å². The number of fused-ring (bicyclic) bond motifs is 1. The number of halogens is 2. The van der Waals surface area contributed by atoms with Crippen LogP contribution in [-0.2, 0) is 16.0 Å². The Kier molecular flexibility index (Phi) is 7.18. The van der Waals surface area contributed by atoms with Crippen LogP contribution in [-0.4, -0.2) is 34.8 Å². The Morgan fingerprint density at radius 3 is 2.72 bits per heavy atom. The standard InChI is InChI=1S/C22H23Cl2N3O2/c1-2-11-27(14-21(28)26-20-12-16(23)8-9-18(20)24)22(29)10-7-15-13-25-19-6-4-3-5-17(15)19/h3-6,8-9,12-13,25H,2,7,10-11,14H2,1H3,(H,26,28). The number of aromatic nitrogens is 1. The van der Waals surface area contributed by atoms with Crippen LogP contribution in [0.5, 0.6) is 0 Å². The fraction of sp³-hybridized carbons (Fsp3) is 0.273. The summed E-state index contributed by atoms with van der Waals surface area (Å²) in [4.78, 5) is 30.0. The Labute approximate surface area is 180 Å². The lowest BCUT2D eigenvalue weighted by Crippen LogP contribution is -2.38. The zero-order valence-corrected chi connectivity index (χ0v) is 17.7. The predicted molar refractivity (Wildman–Crippen MR) is 119 cm³/mol. The molecule has 1 aromatic heterocycles. The summed E-state index contributed by atoms with van der Waals surface area (Å²) in [5.74, 6) is -0.354. The molecule has 2 N–H and O–H groups in total. The van der Waals surface area contributed by atoms with Crippen molar-refractivity contribution in [3.05, 3.63) is 64.3 Å². The van der Waals surface area contributed by atoms with Crippen molar-refractivity contribution in [2.75, 3.05) is 18.4 Å². The van der Waals surface area contributed by atoms with Crippen molar-refractivity contribution in [2.24, 2.45) is 0 Å². The number of aryl methyl sites for hydroxylation is 1. The highest BCUT2D eigenvalue weighted by Gasteiger charge is 2.18. The SMILES string of the molecule is CCCN(CC(=O)Nc1cc(Cl)ccc1Cl)C(=O)CCc1c[nH]c2ccccc12. The molecule has 2 amide bonds. The van der Waals surface area contributed by atoms with Crippen LogP contribution in [0.1, 0.15) is 25.3 Å². The van der Waals surface area contributed by atoms with Crippen molar-refractivity contribution in [1.82, 2.24) is 9.88 Å². The summed E-state index contributed by atoms with van der Waals surface area (Å²) in [5, 5.41) is 4.73. The first-order valence-corrected chi connectivity index (χ1v) is 10.3. The molecular formula is C22H23Cl2N3O2. The molecule has 0 saturated carbocycles. The maximum atomic E-state index is 12.8. The fourth-order valence-electron chi connectivity index (χ4n) is 3.26. The molecule has 1 heterocycles. The quantitative estimate of drug-likeness (QED) is 0.508. The number of aromatic amines is 1. The molecule has 7 heteroatoms. The summed E-state index contributed by atoms with van der Waals surface area (Å²) in [6.45, 7) is 2.47. The Bertz CT molecular complexity index is 1020. The van der Waals surface area contributed by atoms with Gasteiger partial charge in [0.2, 0.25) is 11.8 Å². The van der Waals surface area contributed by atoms with Crippen LogP contribution in [0.4, 0.5) is 5.69 Å². The molecule has 29 heavy (non-hydrogen) atoms.